The minimum Gasteiger partial charge on any atom is -0.296 e. The average Bonchev–Trinajstić information content (AvgIpc) is 2.68. The molecule has 6 heteroatoms. The third kappa shape index (κ3) is 1.91. The zero-order valence-electron chi connectivity index (χ0n) is 10.1. The second kappa shape index (κ2) is 4.45. The van der Waals surface area contributed by atoms with Gasteiger partial charge in [0.25, 0.3) is 5.69 Å². The Morgan fingerprint density at radius 2 is 2.28 bits per heavy atom. The first-order valence-electron chi connectivity index (χ1n) is 5.56. The number of pyridine rings is 1. The number of hydrogen-bond donors (Lipinski definition) is 0. The topological polar surface area (TPSA) is 84.2 Å². The molecule has 2 aromatic heterocycles. The number of nitrogens with zero attached hydrogens (tertiary/aromatic N) is 4. The zero-order chi connectivity index (χ0) is 13.3. The standard InChI is InChI=1S/C12H12N4O2/c1-8(2)12-10(5-6-13)15-7-9(16(17)18)3-4-11(15)14-12/h3-4,7-8H,5H2,1-2H3. The fraction of sp³-hybridized carbons (Fsp3) is 0.333. The summed E-state index contributed by atoms with van der Waals surface area (Å²) in [5.74, 6) is 0.173. The van der Waals surface area contributed by atoms with E-state index in [9.17, 15) is 10.1 Å². The molecule has 6 nitrogen and oxygen atoms in total. The lowest BCUT2D eigenvalue weighted by Gasteiger charge is -2.03. The first-order chi connectivity index (χ1) is 8.54. The quantitative estimate of drug-likeness (QED) is 0.613. The van der Waals surface area contributed by atoms with Gasteiger partial charge in [-0.3, -0.25) is 14.5 Å². The van der Waals surface area contributed by atoms with Gasteiger partial charge in [0.1, 0.15) is 5.65 Å². The highest BCUT2D eigenvalue weighted by Gasteiger charge is 2.17. The van der Waals surface area contributed by atoms with Gasteiger partial charge in [-0.15, -0.1) is 0 Å². The summed E-state index contributed by atoms with van der Waals surface area (Å²) in [5.41, 5.74) is 2.17. The highest BCUT2D eigenvalue weighted by atomic mass is 16.6. The van der Waals surface area contributed by atoms with E-state index in [4.69, 9.17) is 5.26 Å². The summed E-state index contributed by atoms with van der Waals surface area (Å²) < 4.78 is 1.64. The van der Waals surface area contributed by atoms with E-state index in [1.165, 1.54) is 12.3 Å². The van der Waals surface area contributed by atoms with E-state index in [1.807, 2.05) is 13.8 Å². The minimum absolute atomic E-state index is 0.00519. The molecule has 0 unspecified atom stereocenters. The summed E-state index contributed by atoms with van der Waals surface area (Å²) in [6.45, 7) is 3.97. The first kappa shape index (κ1) is 12.0. The van der Waals surface area contributed by atoms with Gasteiger partial charge in [0.15, 0.2) is 0 Å². The fourth-order valence-corrected chi connectivity index (χ4v) is 1.92. The number of rotatable bonds is 3. The number of hydrogen-bond acceptors (Lipinski definition) is 4. The SMILES string of the molecule is CC(C)c1nc2ccc([N+](=O)[O-])cn2c1CC#N. The van der Waals surface area contributed by atoms with Crippen molar-refractivity contribution < 1.29 is 4.92 Å². The summed E-state index contributed by atoms with van der Waals surface area (Å²) >= 11 is 0. The Labute approximate surface area is 104 Å². The van der Waals surface area contributed by atoms with Crippen molar-refractivity contribution in [1.82, 2.24) is 9.38 Å². The molecular weight excluding hydrogens is 232 g/mol. The van der Waals surface area contributed by atoms with Crippen LogP contribution in [0.2, 0.25) is 0 Å². The minimum atomic E-state index is -0.454. The van der Waals surface area contributed by atoms with E-state index in [0.29, 0.717) is 5.65 Å². The molecule has 0 atom stereocenters. The Morgan fingerprint density at radius 1 is 1.56 bits per heavy atom. The molecule has 2 aromatic rings. The van der Waals surface area contributed by atoms with Crippen LogP contribution in [0.4, 0.5) is 5.69 Å². The largest absolute Gasteiger partial charge is 0.296 e. The average molecular weight is 244 g/mol. The van der Waals surface area contributed by atoms with E-state index in [-0.39, 0.29) is 18.0 Å². The molecule has 0 radical (unpaired) electrons. The van der Waals surface area contributed by atoms with Crippen LogP contribution < -0.4 is 0 Å². The molecule has 18 heavy (non-hydrogen) atoms. The molecule has 0 amide bonds. The van der Waals surface area contributed by atoms with Crippen molar-refractivity contribution in [2.75, 3.05) is 0 Å². The van der Waals surface area contributed by atoms with Gasteiger partial charge in [-0.2, -0.15) is 5.26 Å². The van der Waals surface area contributed by atoms with Crippen LogP contribution in [0.3, 0.4) is 0 Å². The van der Waals surface area contributed by atoms with Gasteiger partial charge < -0.3 is 0 Å². The van der Waals surface area contributed by atoms with Crippen molar-refractivity contribution in [2.24, 2.45) is 0 Å². The first-order valence-corrected chi connectivity index (χ1v) is 5.56. The maximum absolute atomic E-state index is 10.8. The molecule has 0 aliphatic heterocycles. The molecule has 0 aromatic carbocycles. The van der Waals surface area contributed by atoms with Crippen LogP contribution in [0.5, 0.6) is 0 Å². The Morgan fingerprint density at radius 3 is 2.83 bits per heavy atom. The Hall–Kier alpha value is -2.42. The monoisotopic (exact) mass is 244 g/mol. The summed E-state index contributed by atoms with van der Waals surface area (Å²) in [7, 11) is 0. The third-order valence-corrected chi connectivity index (χ3v) is 2.74. The normalized spacial score (nSPS) is 10.8. The number of nitro groups is 1. The van der Waals surface area contributed by atoms with Crippen molar-refractivity contribution >= 4 is 11.3 Å². The summed E-state index contributed by atoms with van der Waals surface area (Å²) in [6, 6.07) is 5.10. The molecule has 92 valence electrons. The number of imidazole rings is 1. The van der Waals surface area contributed by atoms with Crippen LogP contribution in [-0.2, 0) is 6.42 Å². The molecule has 0 bridgehead atoms. The van der Waals surface area contributed by atoms with Crippen molar-refractivity contribution in [2.45, 2.75) is 26.2 Å². The van der Waals surface area contributed by atoms with Crippen molar-refractivity contribution in [3.63, 3.8) is 0 Å². The second-order valence-corrected chi connectivity index (χ2v) is 4.31. The molecular formula is C12H12N4O2. The lowest BCUT2D eigenvalue weighted by atomic mass is 10.1. The van der Waals surface area contributed by atoms with Gasteiger partial charge in [-0.1, -0.05) is 13.8 Å². The molecule has 0 spiro atoms. The van der Waals surface area contributed by atoms with Gasteiger partial charge in [-0.05, 0) is 12.0 Å². The van der Waals surface area contributed by atoms with Gasteiger partial charge in [-0.25, -0.2) is 4.98 Å². The van der Waals surface area contributed by atoms with E-state index in [1.54, 1.807) is 10.5 Å². The van der Waals surface area contributed by atoms with Crippen LogP contribution in [0, 0.1) is 21.4 Å². The van der Waals surface area contributed by atoms with E-state index >= 15 is 0 Å². The number of aromatic nitrogens is 2. The highest BCUT2D eigenvalue weighted by molar-refractivity contribution is 5.49. The van der Waals surface area contributed by atoms with Crippen molar-refractivity contribution in [1.29, 1.82) is 5.26 Å². The van der Waals surface area contributed by atoms with Gasteiger partial charge in [0.2, 0.25) is 0 Å². The van der Waals surface area contributed by atoms with E-state index in [2.05, 4.69) is 11.1 Å². The Kier molecular flexibility index (Phi) is 2.98. The summed E-state index contributed by atoms with van der Waals surface area (Å²) in [4.78, 5) is 14.7. The van der Waals surface area contributed by atoms with E-state index < -0.39 is 4.92 Å². The lowest BCUT2D eigenvalue weighted by Crippen LogP contribution is -1.98. The Bertz CT molecular complexity index is 652. The maximum Gasteiger partial charge on any atom is 0.286 e. The molecule has 0 N–H and O–H groups in total. The van der Waals surface area contributed by atoms with Gasteiger partial charge in [0, 0.05) is 6.07 Å². The van der Waals surface area contributed by atoms with Crippen LogP contribution >= 0.6 is 0 Å². The maximum atomic E-state index is 10.8. The van der Waals surface area contributed by atoms with Gasteiger partial charge >= 0.3 is 0 Å². The molecule has 0 aliphatic rings. The molecule has 2 heterocycles. The molecule has 0 saturated carbocycles. The lowest BCUT2D eigenvalue weighted by molar-refractivity contribution is -0.385. The highest BCUT2D eigenvalue weighted by Crippen LogP contribution is 2.23. The zero-order valence-corrected chi connectivity index (χ0v) is 10.1. The Balaban J connectivity index is 2.72. The molecule has 2 rings (SSSR count). The molecule has 0 aliphatic carbocycles. The van der Waals surface area contributed by atoms with Crippen LogP contribution in [0.25, 0.3) is 5.65 Å². The smallest absolute Gasteiger partial charge is 0.286 e. The van der Waals surface area contributed by atoms with Crippen molar-refractivity contribution in [3.8, 4) is 6.07 Å². The summed E-state index contributed by atoms with van der Waals surface area (Å²) in [5, 5.41) is 19.6. The number of fused-ring (bicyclic) bond motifs is 1. The number of nitriles is 1. The van der Waals surface area contributed by atoms with Crippen LogP contribution in [0.15, 0.2) is 18.3 Å². The molecule has 0 saturated heterocycles. The third-order valence-electron chi connectivity index (χ3n) is 2.74. The van der Waals surface area contributed by atoms with Crippen LogP contribution in [0.1, 0.15) is 31.2 Å². The summed E-state index contributed by atoms with van der Waals surface area (Å²) in [6.07, 6.45) is 1.61. The predicted octanol–water partition coefficient (Wildman–Crippen LogP) is 2.43. The van der Waals surface area contributed by atoms with Crippen LogP contribution in [-0.4, -0.2) is 14.3 Å². The fourth-order valence-electron chi connectivity index (χ4n) is 1.92. The van der Waals surface area contributed by atoms with Gasteiger partial charge in [0.05, 0.1) is 35.0 Å². The second-order valence-electron chi connectivity index (χ2n) is 4.31. The molecule has 0 fully saturated rings. The van der Waals surface area contributed by atoms with E-state index in [0.717, 1.165) is 11.4 Å². The predicted molar refractivity (Wildman–Crippen MR) is 65.3 cm³/mol. The van der Waals surface area contributed by atoms with Crippen molar-refractivity contribution in [3.05, 3.63) is 39.8 Å².